The molecule has 0 aliphatic carbocycles. The van der Waals surface area contributed by atoms with Crippen molar-refractivity contribution in [1.82, 2.24) is 15.5 Å². The van der Waals surface area contributed by atoms with Crippen LogP contribution in [0.25, 0.3) is 0 Å². The highest BCUT2D eigenvalue weighted by atomic mass is 19.1. The van der Waals surface area contributed by atoms with Gasteiger partial charge in [0, 0.05) is 19.3 Å². The Hall–Kier alpha value is -2.44. The second-order valence-corrected chi connectivity index (χ2v) is 3.88. The largest absolute Gasteiger partial charge is 0.371 e. The molecule has 0 spiro atoms. The van der Waals surface area contributed by atoms with Crippen LogP contribution in [0.1, 0.15) is 21.8 Å². The summed E-state index contributed by atoms with van der Waals surface area (Å²) in [6.45, 7) is 1.92. The number of aromatic nitrogens is 2. The number of hydrogen-bond donors (Lipinski definition) is 2. The number of carbonyl (C=O) groups excluding carboxylic acids is 1. The predicted octanol–water partition coefficient (Wildman–Crippen LogP) is 1.49. The van der Waals surface area contributed by atoms with Gasteiger partial charge in [0.15, 0.2) is 11.6 Å². The fourth-order valence-electron chi connectivity index (χ4n) is 1.56. The topological polar surface area (TPSA) is 80.0 Å². The molecule has 6 nitrogen and oxygen atoms in total. The third-order valence-electron chi connectivity index (χ3n) is 2.48. The maximum absolute atomic E-state index is 13.8. The van der Waals surface area contributed by atoms with Crippen LogP contribution in [0, 0.1) is 12.7 Å². The number of halogens is 1. The van der Waals surface area contributed by atoms with Crippen LogP contribution in [0.2, 0.25) is 0 Å². The molecule has 0 unspecified atom stereocenters. The molecule has 7 heteroatoms. The molecule has 1 amide bonds. The number of nitrogens with one attached hydrogen (secondary N) is 2. The summed E-state index contributed by atoms with van der Waals surface area (Å²) < 4.78 is 18.7. The van der Waals surface area contributed by atoms with E-state index in [4.69, 9.17) is 4.52 Å². The van der Waals surface area contributed by atoms with Gasteiger partial charge in [0.2, 0.25) is 0 Å². The van der Waals surface area contributed by atoms with Crippen LogP contribution >= 0.6 is 0 Å². The molecule has 0 atom stereocenters. The molecule has 0 bridgehead atoms. The number of anilines is 1. The third kappa shape index (κ3) is 2.87. The molecule has 0 saturated carbocycles. The predicted molar refractivity (Wildman–Crippen MR) is 66.2 cm³/mol. The molecule has 0 aromatic carbocycles. The first-order chi connectivity index (χ1) is 9.11. The van der Waals surface area contributed by atoms with Crippen molar-refractivity contribution in [1.29, 1.82) is 0 Å². The van der Waals surface area contributed by atoms with Crippen LogP contribution in [0.4, 0.5) is 10.2 Å². The van der Waals surface area contributed by atoms with Gasteiger partial charge in [-0.1, -0.05) is 5.16 Å². The zero-order valence-corrected chi connectivity index (χ0v) is 10.5. The van der Waals surface area contributed by atoms with Gasteiger partial charge in [0.1, 0.15) is 11.5 Å². The van der Waals surface area contributed by atoms with Crippen molar-refractivity contribution < 1.29 is 13.7 Å². The van der Waals surface area contributed by atoms with Crippen molar-refractivity contribution in [3.8, 4) is 0 Å². The van der Waals surface area contributed by atoms with E-state index in [1.165, 1.54) is 19.3 Å². The van der Waals surface area contributed by atoms with Crippen molar-refractivity contribution in [3.63, 3.8) is 0 Å². The lowest BCUT2D eigenvalue weighted by molar-refractivity contribution is 0.0946. The molecular formula is C12H13FN4O2. The number of nitrogens with zero attached hydrogens (tertiary/aromatic N) is 2. The molecule has 0 fully saturated rings. The van der Waals surface area contributed by atoms with E-state index >= 15 is 0 Å². The molecule has 0 radical (unpaired) electrons. The summed E-state index contributed by atoms with van der Waals surface area (Å²) in [6.07, 6.45) is 1.37. The van der Waals surface area contributed by atoms with Gasteiger partial charge >= 0.3 is 0 Å². The summed E-state index contributed by atoms with van der Waals surface area (Å²) in [7, 11) is 1.53. The Labute approximate surface area is 109 Å². The normalized spacial score (nSPS) is 10.3. The minimum Gasteiger partial charge on any atom is -0.371 e. The lowest BCUT2D eigenvalue weighted by atomic mass is 10.2. The number of pyridine rings is 1. The monoisotopic (exact) mass is 264 g/mol. The highest BCUT2D eigenvalue weighted by molar-refractivity contribution is 5.95. The SMILES string of the molecule is CNc1nccc(C(=O)NCc2cc(C)on2)c1F. The molecule has 2 heterocycles. The standard InChI is InChI=1S/C12H13FN4O2/c1-7-5-8(17-19-7)6-16-12(18)9-3-4-15-11(14-2)10(9)13/h3-5H,6H2,1-2H3,(H,14,15)(H,16,18). The van der Waals surface area contributed by atoms with Crippen LogP contribution in [0.3, 0.4) is 0 Å². The van der Waals surface area contributed by atoms with E-state index in [2.05, 4.69) is 20.8 Å². The smallest absolute Gasteiger partial charge is 0.254 e. The lowest BCUT2D eigenvalue weighted by Crippen LogP contribution is -2.24. The number of carbonyl (C=O) groups is 1. The van der Waals surface area contributed by atoms with Crippen molar-refractivity contribution in [2.24, 2.45) is 0 Å². The van der Waals surface area contributed by atoms with Gasteiger partial charge in [-0.3, -0.25) is 4.79 Å². The minimum absolute atomic E-state index is 0.0323. The Bertz CT molecular complexity index is 597. The third-order valence-corrected chi connectivity index (χ3v) is 2.48. The van der Waals surface area contributed by atoms with E-state index in [0.717, 1.165) is 0 Å². The molecule has 2 aromatic rings. The first kappa shape index (κ1) is 13.0. The van der Waals surface area contributed by atoms with Gasteiger partial charge in [0.05, 0.1) is 12.1 Å². The fraction of sp³-hybridized carbons (Fsp3) is 0.250. The Kier molecular flexibility index (Phi) is 3.74. The van der Waals surface area contributed by atoms with Gasteiger partial charge in [-0.2, -0.15) is 0 Å². The molecule has 0 aliphatic heterocycles. The van der Waals surface area contributed by atoms with Crippen LogP contribution in [0.15, 0.2) is 22.9 Å². The molecule has 0 saturated heterocycles. The quantitative estimate of drug-likeness (QED) is 0.874. The summed E-state index contributed by atoms with van der Waals surface area (Å²) in [6, 6.07) is 3.02. The zero-order chi connectivity index (χ0) is 13.8. The van der Waals surface area contributed by atoms with Crippen LogP contribution < -0.4 is 10.6 Å². The molecule has 19 heavy (non-hydrogen) atoms. The Morgan fingerprint density at radius 2 is 2.32 bits per heavy atom. The van der Waals surface area contributed by atoms with E-state index in [1.807, 2.05) is 0 Å². The van der Waals surface area contributed by atoms with Crippen molar-refractivity contribution in [2.75, 3.05) is 12.4 Å². The first-order valence-electron chi connectivity index (χ1n) is 5.64. The van der Waals surface area contributed by atoms with E-state index in [1.54, 1.807) is 13.0 Å². The van der Waals surface area contributed by atoms with E-state index in [0.29, 0.717) is 11.5 Å². The Morgan fingerprint density at radius 3 is 2.95 bits per heavy atom. The second-order valence-electron chi connectivity index (χ2n) is 3.88. The summed E-state index contributed by atoms with van der Waals surface area (Å²) in [5.41, 5.74) is 0.508. The average molecular weight is 264 g/mol. The highest BCUT2D eigenvalue weighted by Crippen LogP contribution is 2.14. The summed E-state index contributed by atoms with van der Waals surface area (Å²) in [5.74, 6) is -0.530. The van der Waals surface area contributed by atoms with Crippen LogP contribution in [0.5, 0.6) is 0 Å². The van der Waals surface area contributed by atoms with Crippen molar-refractivity contribution in [3.05, 3.63) is 41.2 Å². The fourth-order valence-corrected chi connectivity index (χ4v) is 1.56. The van der Waals surface area contributed by atoms with Gasteiger partial charge in [0.25, 0.3) is 5.91 Å². The molecule has 0 aliphatic rings. The van der Waals surface area contributed by atoms with Gasteiger partial charge in [-0.05, 0) is 13.0 Å². The van der Waals surface area contributed by atoms with Gasteiger partial charge < -0.3 is 15.2 Å². The lowest BCUT2D eigenvalue weighted by Gasteiger charge is -2.06. The van der Waals surface area contributed by atoms with E-state index in [-0.39, 0.29) is 17.9 Å². The van der Waals surface area contributed by atoms with E-state index in [9.17, 15) is 9.18 Å². The number of amides is 1. The summed E-state index contributed by atoms with van der Waals surface area (Å²) in [4.78, 5) is 15.6. The summed E-state index contributed by atoms with van der Waals surface area (Å²) >= 11 is 0. The Morgan fingerprint density at radius 1 is 1.53 bits per heavy atom. The molecular weight excluding hydrogens is 251 g/mol. The second kappa shape index (κ2) is 5.47. The molecule has 2 aromatic heterocycles. The molecule has 2 rings (SSSR count). The van der Waals surface area contributed by atoms with Crippen molar-refractivity contribution in [2.45, 2.75) is 13.5 Å². The maximum Gasteiger partial charge on any atom is 0.254 e. The average Bonchev–Trinajstić information content (AvgIpc) is 2.82. The molecule has 2 N–H and O–H groups in total. The van der Waals surface area contributed by atoms with Gasteiger partial charge in [-0.15, -0.1) is 0 Å². The number of aryl methyl sites for hydroxylation is 1. The Balaban J connectivity index is 2.08. The maximum atomic E-state index is 13.8. The molecule has 100 valence electrons. The van der Waals surface area contributed by atoms with Crippen LogP contribution in [-0.4, -0.2) is 23.1 Å². The zero-order valence-electron chi connectivity index (χ0n) is 10.5. The van der Waals surface area contributed by atoms with Crippen LogP contribution in [-0.2, 0) is 6.54 Å². The number of rotatable bonds is 4. The van der Waals surface area contributed by atoms with Crippen molar-refractivity contribution >= 4 is 11.7 Å². The van der Waals surface area contributed by atoms with Gasteiger partial charge in [-0.25, -0.2) is 9.37 Å². The summed E-state index contributed by atoms with van der Waals surface area (Å²) in [5, 5.41) is 8.87. The van der Waals surface area contributed by atoms with E-state index < -0.39 is 11.7 Å². The highest BCUT2D eigenvalue weighted by Gasteiger charge is 2.15. The number of hydrogen-bond acceptors (Lipinski definition) is 5. The first-order valence-corrected chi connectivity index (χ1v) is 5.64. The minimum atomic E-state index is -0.682.